The molecular weight excluding hydrogens is 328 g/mol. The van der Waals surface area contributed by atoms with Crippen molar-refractivity contribution in [3.05, 3.63) is 51.8 Å². The van der Waals surface area contributed by atoms with Gasteiger partial charge in [-0.1, -0.05) is 32.4 Å². The highest BCUT2D eigenvalue weighted by Crippen LogP contribution is 2.58. The lowest BCUT2D eigenvalue weighted by atomic mass is 9.48. The van der Waals surface area contributed by atoms with Crippen LogP contribution in [0, 0.1) is 11.3 Å². The average Bonchev–Trinajstić information content (AvgIpc) is 2.62. The molecule has 0 bridgehead atoms. The lowest BCUT2D eigenvalue weighted by Crippen LogP contribution is -2.52. The minimum Gasteiger partial charge on any atom is -0.508 e. The van der Waals surface area contributed by atoms with Crippen molar-refractivity contribution in [2.45, 2.75) is 57.8 Å². The molecule has 1 N–H and O–H groups in total. The maximum Gasteiger partial charge on any atom is 0.165 e. The topological polar surface area (TPSA) is 37.3 Å². The van der Waals surface area contributed by atoms with Crippen molar-refractivity contribution in [2.75, 3.05) is 0 Å². The van der Waals surface area contributed by atoms with Crippen LogP contribution in [0.25, 0.3) is 0 Å². The molecule has 3 heteroatoms. The number of carbonyl (C=O) groups is 1. The monoisotopic (exact) mass is 354 g/mol. The van der Waals surface area contributed by atoms with E-state index in [1.165, 1.54) is 11.1 Å². The number of hydrogen-bond acceptors (Lipinski definition) is 3. The van der Waals surface area contributed by atoms with E-state index in [0.717, 1.165) is 44.1 Å². The van der Waals surface area contributed by atoms with Crippen LogP contribution in [0.15, 0.2) is 40.7 Å². The highest BCUT2D eigenvalue weighted by Gasteiger charge is 2.55. The molecule has 3 atom stereocenters. The van der Waals surface area contributed by atoms with Gasteiger partial charge in [0, 0.05) is 11.0 Å². The Morgan fingerprint density at radius 1 is 1.28 bits per heavy atom. The third-order valence-corrected chi connectivity index (χ3v) is 7.64. The number of ketones is 1. The summed E-state index contributed by atoms with van der Waals surface area (Å²) in [6.45, 7) is 4.53. The van der Waals surface area contributed by atoms with Crippen molar-refractivity contribution < 1.29 is 9.90 Å². The summed E-state index contributed by atoms with van der Waals surface area (Å²) in [5, 5.41) is 14.2. The van der Waals surface area contributed by atoms with Crippen LogP contribution in [0.1, 0.15) is 57.1 Å². The molecule has 1 fully saturated rings. The molecule has 1 aromatic carbocycles. The molecule has 25 heavy (non-hydrogen) atoms. The molecule has 2 aliphatic carbocycles. The van der Waals surface area contributed by atoms with Crippen LogP contribution in [-0.4, -0.2) is 10.9 Å². The number of aromatic hydroxyl groups is 1. The summed E-state index contributed by atoms with van der Waals surface area (Å²) >= 11 is 1.62. The van der Waals surface area contributed by atoms with Crippen molar-refractivity contribution in [1.29, 1.82) is 0 Å². The molecule has 4 rings (SSSR count). The van der Waals surface area contributed by atoms with Crippen molar-refractivity contribution in [3.63, 3.8) is 0 Å². The Balaban J connectivity index is 1.75. The Hall–Kier alpha value is -1.48. The Kier molecular flexibility index (Phi) is 4.10. The molecule has 0 radical (unpaired) electrons. The van der Waals surface area contributed by atoms with Gasteiger partial charge in [-0.3, -0.25) is 4.79 Å². The highest BCUT2D eigenvalue weighted by molar-refractivity contribution is 8.05. The van der Waals surface area contributed by atoms with E-state index < -0.39 is 0 Å². The molecule has 0 spiro atoms. The Morgan fingerprint density at radius 2 is 2.12 bits per heavy atom. The highest BCUT2D eigenvalue weighted by atomic mass is 32.2. The summed E-state index contributed by atoms with van der Waals surface area (Å²) < 4.78 is 0. The molecule has 2 nitrogen and oxygen atoms in total. The van der Waals surface area contributed by atoms with Gasteiger partial charge in [0.1, 0.15) is 5.75 Å². The summed E-state index contributed by atoms with van der Waals surface area (Å²) in [4.78, 5) is 13.5. The fourth-order valence-corrected chi connectivity index (χ4v) is 6.29. The van der Waals surface area contributed by atoms with Crippen LogP contribution in [0.4, 0.5) is 0 Å². The maximum atomic E-state index is 13.5. The molecule has 1 unspecified atom stereocenters. The Bertz CT molecular complexity index is 778. The van der Waals surface area contributed by atoms with Crippen LogP contribution < -0.4 is 0 Å². The van der Waals surface area contributed by atoms with Crippen LogP contribution in [0.5, 0.6) is 5.75 Å². The second-order valence-corrected chi connectivity index (χ2v) is 9.09. The average molecular weight is 355 g/mol. The van der Waals surface area contributed by atoms with Crippen LogP contribution in [-0.2, 0) is 16.6 Å². The number of thioether (sulfide) groups is 1. The molecule has 1 aliphatic heterocycles. The van der Waals surface area contributed by atoms with Crippen LogP contribution in [0.2, 0.25) is 0 Å². The van der Waals surface area contributed by atoms with E-state index in [1.807, 2.05) is 11.5 Å². The van der Waals surface area contributed by atoms with Gasteiger partial charge in [0.2, 0.25) is 0 Å². The number of hydrogen-bond donors (Lipinski definition) is 1. The molecular formula is C22H26O2S. The van der Waals surface area contributed by atoms with E-state index in [2.05, 4.69) is 31.4 Å². The van der Waals surface area contributed by atoms with Gasteiger partial charge in [0.25, 0.3) is 0 Å². The molecule has 1 heterocycles. The van der Waals surface area contributed by atoms with Gasteiger partial charge in [-0.2, -0.15) is 0 Å². The first-order valence-corrected chi connectivity index (χ1v) is 10.3. The largest absolute Gasteiger partial charge is 0.508 e. The Labute approximate surface area is 154 Å². The van der Waals surface area contributed by atoms with Gasteiger partial charge in [-0.15, -0.1) is 11.8 Å². The minimum absolute atomic E-state index is 0.0206. The predicted octanol–water partition coefficient (Wildman–Crippen LogP) is 5.51. The second kappa shape index (κ2) is 6.05. The number of allylic oxidation sites excluding steroid dienone is 2. The van der Waals surface area contributed by atoms with E-state index in [4.69, 9.17) is 0 Å². The smallest absolute Gasteiger partial charge is 0.165 e. The van der Waals surface area contributed by atoms with E-state index in [-0.39, 0.29) is 10.8 Å². The second-order valence-electron chi connectivity index (χ2n) is 8.31. The van der Waals surface area contributed by atoms with Crippen LogP contribution in [0.3, 0.4) is 0 Å². The summed E-state index contributed by atoms with van der Waals surface area (Å²) in [7, 11) is 0. The third kappa shape index (κ3) is 2.59. The van der Waals surface area contributed by atoms with Crippen molar-refractivity contribution in [3.8, 4) is 5.75 Å². The molecule has 1 aromatic rings. The van der Waals surface area contributed by atoms with E-state index in [0.29, 0.717) is 17.5 Å². The molecule has 132 valence electrons. The number of carbonyl (C=O) groups excluding carboxylic acids is 1. The predicted molar refractivity (Wildman–Crippen MR) is 104 cm³/mol. The number of aryl methyl sites for hydroxylation is 1. The summed E-state index contributed by atoms with van der Waals surface area (Å²) in [6, 6.07) is 5.83. The Morgan fingerprint density at radius 3 is 2.88 bits per heavy atom. The summed E-state index contributed by atoms with van der Waals surface area (Å²) in [5.41, 5.74) is 3.28. The normalized spacial score (nSPS) is 34.0. The molecule has 0 aromatic heterocycles. The van der Waals surface area contributed by atoms with Gasteiger partial charge in [-0.05, 0) is 77.5 Å². The first kappa shape index (κ1) is 17.0. The number of phenols is 1. The molecule has 1 saturated carbocycles. The van der Waals surface area contributed by atoms with Crippen molar-refractivity contribution >= 4 is 17.5 Å². The van der Waals surface area contributed by atoms with Crippen LogP contribution >= 0.6 is 11.8 Å². The zero-order valence-corrected chi connectivity index (χ0v) is 15.9. The summed E-state index contributed by atoms with van der Waals surface area (Å²) in [6.07, 6.45) is 8.08. The molecule has 0 amide bonds. The SMILES string of the molecule is C[C@]1(C(=O)C2=CSC=CC2)CCC[C@]2(C)c3cc(O)ccc3CCC12. The first-order valence-electron chi connectivity index (χ1n) is 9.32. The number of rotatable bonds is 2. The van der Waals surface area contributed by atoms with E-state index >= 15 is 0 Å². The zero-order chi connectivity index (χ0) is 17.7. The lowest BCUT2D eigenvalue weighted by Gasteiger charge is -2.55. The van der Waals surface area contributed by atoms with Gasteiger partial charge in [0.15, 0.2) is 5.78 Å². The van der Waals surface area contributed by atoms with E-state index in [9.17, 15) is 9.90 Å². The molecule has 3 aliphatic rings. The van der Waals surface area contributed by atoms with Gasteiger partial charge in [0.05, 0.1) is 0 Å². The lowest BCUT2D eigenvalue weighted by molar-refractivity contribution is -0.132. The fraction of sp³-hybridized carbons (Fsp3) is 0.500. The first-order chi connectivity index (χ1) is 11.9. The number of fused-ring (bicyclic) bond motifs is 3. The van der Waals surface area contributed by atoms with Gasteiger partial charge >= 0.3 is 0 Å². The van der Waals surface area contributed by atoms with E-state index in [1.54, 1.807) is 17.8 Å². The standard InChI is InChI=1S/C22H26O2S/c1-21-10-4-11-22(2,20(24)16-5-3-12-25-14-16)19(21)9-7-15-6-8-17(23)13-18(15)21/h3,6,8,12-14,19,23H,4-5,7,9-11H2,1-2H3/t19?,21-,22+/m1/s1. The zero-order valence-electron chi connectivity index (χ0n) is 15.0. The van der Waals surface area contributed by atoms with Crippen molar-refractivity contribution in [2.24, 2.45) is 11.3 Å². The number of Topliss-reactive ketones (excluding diaryl/α,β-unsaturated/α-hetero) is 1. The quantitative estimate of drug-likeness (QED) is 0.761. The van der Waals surface area contributed by atoms with Crippen molar-refractivity contribution in [1.82, 2.24) is 0 Å². The fourth-order valence-electron chi connectivity index (χ4n) is 5.63. The number of benzene rings is 1. The van der Waals surface area contributed by atoms with Gasteiger partial charge < -0.3 is 5.11 Å². The third-order valence-electron chi connectivity index (χ3n) is 6.87. The number of phenolic OH excluding ortho intramolecular Hbond substituents is 1. The van der Waals surface area contributed by atoms with Gasteiger partial charge in [-0.25, -0.2) is 0 Å². The minimum atomic E-state index is -0.298. The molecule has 0 saturated heterocycles. The maximum absolute atomic E-state index is 13.5. The summed E-state index contributed by atoms with van der Waals surface area (Å²) in [5.74, 6) is 1.03.